The highest BCUT2D eigenvalue weighted by Gasteiger charge is 2.18. The van der Waals surface area contributed by atoms with Crippen molar-refractivity contribution in [3.63, 3.8) is 0 Å². The minimum atomic E-state index is -3.52. The Balaban J connectivity index is 2.02. The summed E-state index contributed by atoms with van der Waals surface area (Å²) in [6.07, 6.45) is 6.84. The molecule has 0 radical (unpaired) electrons. The third kappa shape index (κ3) is 5.32. The van der Waals surface area contributed by atoms with Gasteiger partial charge < -0.3 is 5.32 Å². The Morgan fingerprint density at radius 1 is 1.04 bits per heavy atom. The lowest BCUT2D eigenvalue weighted by atomic mass is 10.1. The molecule has 1 aliphatic carbocycles. The van der Waals surface area contributed by atoms with E-state index in [1.807, 2.05) is 0 Å². The molecule has 1 saturated carbocycles. The number of amides is 1. The number of sulfonamides is 1. The van der Waals surface area contributed by atoms with E-state index in [-0.39, 0.29) is 22.9 Å². The topological polar surface area (TPSA) is 75.3 Å². The van der Waals surface area contributed by atoms with Crippen LogP contribution in [-0.4, -0.2) is 26.4 Å². The number of carbonyl (C=O) groups is 1. The molecule has 0 heterocycles. The minimum Gasteiger partial charge on any atom is -0.349 e. The Morgan fingerprint density at radius 2 is 1.61 bits per heavy atom. The van der Waals surface area contributed by atoms with Crippen LogP contribution in [0, 0.1) is 0 Å². The van der Waals surface area contributed by atoms with Crippen molar-refractivity contribution in [2.75, 3.05) is 0 Å². The van der Waals surface area contributed by atoms with Gasteiger partial charge in [-0.1, -0.05) is 25.7 Å². The van der Waals surface area contributed by atoms with Crippen LogP contribution in [0.5, 0.6) is 0 Å². The molecule has 1 aromatic carbocycles. The summed E-state index contributed by atoms with van der Waals surface area (Å²) in [4.78, 5) is 12.5. The fourth-order valence-electron chi connectivity index (χ4n) is 2.86. The van der Waals surface area contributed by atoms with Crippen LogP contribution in [-0.2, 0) is 10.0 Å². The number of nitrogens with one attached hydrogen (secondary N) is 2. The van der Waals surface area contributed by atoms with E-state index in [0.717, 1.165) is 25.7 Å². The van der Waals surface area contributed by atoms with Gasteiger partial charge in [0.25, 0.3) is 5.91 Å². The Hall–Kier alpha value is -1.40. The van der Waals surface area contributed by atoms with Gasteiger partial charge in [-0.3, -0.25) is 4.79 Å². The number of hydrogen-bond acceptors (Lipinski definition) is 3. The standard InChI is InChI=1S/C17H26N2O3S/c1-13(2)19-23(21,22)16-11-9-14(10-12-16)17(20)18-15-7-5-3-4-6-8-15/h9-13,15,19H,3-8H2,1-2H3,(H,18,20). The predicted octanol–water partition coefficient (Wildman–Crippen LogP) is 2.83. The Bertz CT molecular complexity index is 616. The summed E-state index contributed by atoms with van der Waals surface area (Å²) in [5.74, 6) is -0.127. The van der Waals surface area contributed by atoms with Crippen LogP contribution >= 0.6 is 0 Å². The first kappa shape index (κ1) is 17.9. The summed E-state index contributed by atoms with van der Waals surface area (Å²) < 4.78 is 26.7. The van der Waals surface area contributed by atoms with E-state index in [9.17, 15) is 13.2 Å². The lowest BCUT2D eigenvalue weighted by Gasteiger charge is -2.16. The van der Waals surface area contributed by atoms with Gasteiger partial charge in [-0.2, -0.15) is 0 Å². The van der Waals surface area contributed by atoms with Crippen LogP contribution < -0.4 is 10.0 Å². The van der Waals surface area contributed by atoms with Crippen molar-refractivity contribution in [2.45, 2.75) is 69.4 Å². The average molecular weight is 338 g/mol. The van der Waals surface area contributed by atoms with E-state index in [2.05, 4.69) is 10.0 Å². The first-order chi connectivity index (χ1) is 10.9. The fraction of sp³-hybridized carbons (Fsp3) is 0.588. The summed E-state index contributed by atoms with van der Waals surface area (Å²) in [7, 11) is -3.52. The zero-order chi connectivity index (χ0) is 16.9. The van der Waals surface area contributed by atoms with Gasteiger partial charge in [0, 0.05) is 17.6 Å². The van der Waals surface area contributed by atoms with E-state index < -0.39 is 10.0 Å². The predicted molar refractivity (Wildman–Crippen MR) is 90.9 cm³/mol. The van der Waals surface area contributed by atoms with Crippen molar-refractivity contribution in [1.82, 2.24) is 10.0 Å². The Labute approximate surface area is 138 Å². The molecule has 0 aromatic heterocycles. The first-order valence-electron chi connectivity index (χ1n) is 8.32. The van der Waals surface area contributed by atoms with Crippen molar-refractivity contribution in [3.05, 3.63) is 29.8 Å². The summed E-state index contributed by atoms with van der Waals surface area (Å²) >= 11 is 0. The molecular weight excluding hydrogens is 312 g/mol. The van der Waals surface area contributed by atoms with Crippen LogP contribution in [0.15, 0.2) is 29.2 Å². The molecule has 0 unspecified atom stereocenters. The van der Waals surface area contributed by atoms with Crippen molar-refractivity contribution >= 4 is 15.9 Å². The highest BCUT2D eigenvalue weighted by atomic mass is 32.2. The van der Waals surface area contributed by atoms with Gasteiger partial charge in [-0.05, 0) is 51.0 Å². The molecule has 0 atom stereocenters. The molecular formula is C17H26N2O3S. The molecule has 5 nitrogen and oxygen atoms in total. The lowest BCUT2D eigenvalue weighted by molar-refractivity contribution is 0.0933. The second-order valence-electron chi connectivity index (χ2n) is 6.46. The smallest absolute Gasteiger partial charge is 0.251 e. The second-order valence-corrected chi connectivity index (χ2v) is 8.18. The first-order valence-corrected chi connectivity index (χ1v) is 9.80. The van der Waals surface area contributed by atoms with Crippen LogP contribution in [0.3, 0.4) is 0 Å². The largest absolute Gasteiger partial charge is 0.349 e. The maximum Gasteiger partial charge on any atom is 0.251 e. The molecule has 0 saturated heterocycles. The van der Waals surface area contributed by atoms with Crippen LogP contribution in [0.1, 0.15) is 62.7 Å². The van der Waals surface area contributed by atoms with Gasteiger partial charge in [-0.25, -0.2) is 13.1 Å². The molecule has 0 aliphatic heterocycles. The van der Waals surface area contributed by atoms with Crippen LogP contribution in [0.2, 0.25) is 0 Å². The molecule has 1 aromatic rings. The third-order valence-electron chi connectivity index (χ3n) is 4.01. The minimum absolute atomic E-state index is 0.127. The van der Waals surface area contributed by atoms with E-state index in [4.69, 9.17) is 0 Å². The lowest BCUT2D eigenvalue weighted by Crippen LogP contribution is -2.34. The van der Waals surface area contributed by atoms with Crippen molar-refractivity contribution in [3.8, 4) is 0 Å². The fourth-order valence-corrected chi connectivity index (χ4v) is 4.11. The second kappa shape index (κ2) is 7.93. The number of benzene rings is 1. The zero-order valence-electron chi connectivity index (χ0n) is 13.8. The number of carbonyl (C=O) groups excluding carboxylic acids is 1. The van der Waals surface area contributed by atoms with Gasteiger partial charge in [0.05, 0.1) is 4.90 Å². The van der Waals surface area contributed by atoms with Crippen LogP contribution in [0.25, 0.3) is 0 Å². The Morgan fingerprint density at radius 3 is 2.13 bits per heavy atom. The summed E-state index contributed by atoms with van der Waals surface area (Å²) in [6.45, 7) is 3.54. The monoisotopic (exact) mass is 338 g/mol. The quantitative estimate of drug-likeness (QED) is 0.811. The number of hydrogen-bond donors (Lipinski definition) is 2. The molecule has 0 bridgehead atoms. The molecule has 1 aliphatic rings. The molecule has 0 spiro atoms. The molecule has 1 fully saturated rings. The highest BCUT2D eigenvalue weighted by molar-refractivity contribution is 7.89. The molecule has 2 rings (SSSR count). The summed E-state index contributed by atoms with van der Waals surface area (Å²) in [5.41, 5.74) is 0.498. The third-order valence-corrected chi connectivity index (χ3v) is 5.68. The zero-order valence-corrected chi connectivity index (χ0v) is 14.7. The SMILES string of the molecule is CC(C)NS(=O)(=O)c1ccc(C(=O)NC2CCCCCC2)cc1. The molecule has 6 heteroatoms. The van der Waals surface area contributed by atoms with Crippen molar-refractivity contribution in [2.24, 2.45) is 0 Å². The van der Waals surface area contributed by atoms with E-state index in [1.165, 1.54) is 25.0 Å². The molecule has 23 heavy (non-hydrogen) atoms. The normalized spacial score (nSPS) is 17.0. The molecule has 1 amide bonds. The highest BCUT2D eigenvalue weighted by Crippen LogP contribution is 2.18. The summed E-state index contributed by atoms with van der Waals surface area (Å²) in [6, 6.07) is 6.16. The van der Waals surface area contributed by atoms with E-state index in [0.29, 0.717) is 5.56 Å². The van der Waals surface area contributed by atoms with Gasteiger partial charge >= 0.3 is 0 Å². The Kier molecular flexibility index (Phi) is 6.18. The van der Waals surface area contributed by atoms with Gasteiger partial charge in [0.2, 0.25) is 10.0 Å². The van der Waals surface area contributed by atoms with Crippen molar-refractivity contribution < 1.29 is 13.2 Å². The van der Waals surface area contributed by atoms with Gasteiger partial charge in [0.1, 0.15) is 0 Å². The van der Waals surface area contributed by atoms with Crippen LogP contribution in [0.4, 0.5) is 0 Å². The van der Waals surface area contributed by atoms with Crippen molar-refractivity contribution in [1.29, 1.82) is 0 Å². The van der Waals surface area contributed by atoms with E-state index in [1.54, 1.807) is 26.0 Å². The molecule has 128 valence electrons. The molecule has 2 N–H and O–H groups in total. The van der Waals surface area contributed by atoms with Gasteiger partial charge in [0.15, 0.2) is 0 Å². The summed E-state index contributed by atoms with van der Waals surface area (Å²) in [5, 5.41) is 3.06. The number of rotatable bonds is 5. The average Bonchev–Trinajstić information content (AvgIpc) is 2.75. The maximum absolute atomic E-state index is 12.3. The maximum atomic E-state index is 12.3. The van der Waals surface area contributed by atoms with Gasteiger partial charge in [-0.15, -0.1) is 0 Å². The van der Waals surface area contributed by atoms with E-state index >= 15 is 0 Å².